The predicted octanol–water partition coefficient (Wildman–Crippen LogP) is 3.18. The molecule has 2 N–H and O–H groups in total. The smallest absolute Gasteiger partial charge is 0.240 e. The van der Waals surface area contributed by atoms with Crippen LogP contribution in [-0.4, -0.2) is 38.3 Å². The normalized spacial score (nSPS) is 21.5. The molecule has 2 heterocycles. The Morgan fingerprint density at radius 1 is 1.06 bits per heavy atom. The van der Waals surface area contributed by atoms with Gasteiger partial charge in [-0.05, 0) is 73.0 Å². The molecule has 0 amide bonds. The van der Waals surface area contributed by atoms with Gasteiger partial charge in [-0.25, -0.2) is 13.1 Å². The topological polar surface area (TPSA) is 88.2 Å². The van der Waals surface area contributed by atoms with E-state index in [1.807, 2.05) is 36.5 Å². The second-order valence-corrected chi connectivity index (χ2v) is 10.6. The summed E-state index contributed by atoms with van der Waals surface area (Å²) in [6.07, 6.45) is 6.34. The molecule has 6 nitrogen and oxygen atoms in total. The van der Waals surface area contributed by atoms with E-state index in [4.69, 9.17) is 0 Å². The molecule has 2 aromatic carbocycles. The molecule has 7 heteroatoms. The van der Waals surface area contributed by atoms with Crippen molar-refractivity contribution in [3.8, 4) is 0 Å². The van der Waals surface area contributed by atoms with Gasteiger partial charge in [0.05, 0.1) is 4.90 Å². The van der Waals surface area contributed by atoms with E-state index in [9.17, 15) is 13.2 Å². The van der Waals surface area contributed by atoms with Crippen LogP contribution in [0.15, 0.2) is 65.8 Å². The van der Waals surface area contributed by atoms with Crippen LogP contribution in [0.25, 0.3) is 10.8 Å². The van der Waals surface area contributed by atoms with Crippen LogP contribution in [0.5, 0.6) is 0 Å². The van der Waals surface area contributed by atoms with Crippen molar-refractivity contribution in [2.45, 2.75) is 42.5 Å². The molecule has 1 aliphatic carbocycles. The lowest BCUT2D eigenvalue weighted by Gasteiger charge is -2.23. The van der Waals surface area contributed by atoms with Crippen LogP contribution in [0.3, 0.4) is 0 Å². The van der Waals surface area contributed by atoms with Crippen LogP contribution in [0, 0.1) is 5.92 Å². The van der Waals surface area contributed by atoms with Crippen molar-refractivity contribution in [1.82, 2.24) is 15.0 Å². The van der Waals surface area contributed by atoms with Crippen molar-refractivity contribution in [2.24, 2.45) is 5.92 Å². The van der Waals surface area contributed by atoms with Gasteiger partial charge in [0.1, 0.15) is 5.78 Å². The standard InChI is InChI=1S/C25H27N3O3S/c29-25(13-17-4-5-20-16-27-9-6-18(20)12-17)24-15-23(24)19-2-1-3-22(14-19)32(30,31)28-21-7-10-26-11-8-21/h1-6,9,12,14,16,21,23-24,26,28H,7-8,10-11,13,15H2/t23-,24+/m0/s1. The van der Waals surface area contributed by atoms with Gasteiger partial charge in [-0.2, -0.15) is 0 Å². The van der Waals surface area contributed by atoms with Gasteiger partial charge in [-0.15, -0.1) is 0 Å². The van der Waals surface area contributed by atoms with Crippen molar-refractivity contribution in [1.29, 1.82) is 0 Å². The molecule has 166 valence electrons. The summed E-state index contributed by atoms with van der Waals surface area (Å²) in [6.45, 7) is 1.65. The molecule has 0 bridgehead atoms. The largest absolute Gasteiger partial charge is 0.317 e. The van der Waals surface area contributed by atoms with Crippen molar-refractivity contribution in [3.05, 3.63) is 72.1 Å². The first kappa shape index (κ1) is 21.2. The number of Topliss-reactive ketones (excluding diaryl/α,β-unsaturated/α-hetero) is 1. The third-order valence-corrected chi connectivity index (χ3v) is 8.06. The van der Waals surface area contributed by atoms with E-state index in [1.54, 1.807) is 24.4 Å². The Balaban J connectivity index is 1.25. The monoisotopic (exact) mass is 449 g/mol. The SMILES string of the molecule is O=C(Cc1ccc2cnccc2c1)[C@@H]1C[C@H]1c1cccc(S(=O)(=O)NC2CCNCC2)c1. The lowest BCUT2D eigenvalue weighted by Crippen LogP contribution is -2.42. The maximum atomic E-state index is 12.9. The minimum absolute atomic E-state index is 0.0297. The van der Waals surface area contributed by atoms with E-state index in [-0.39, 0.29) is 28.6 Å². The van der Waals surface area contributed by atoms with Gasteiger partial charge in [0.15, 0.2) is 0 Å². The fourth-order valence-electron chi connectivity index (χ4n) is 4.63. The number of fused-ring (bicyclic) bond motifs is 1. The second-order valence-electron chi connectivity index (χ2n) is 8.87. The minimum atomic E-state index is -3.56. The first-order valence-electron chi connectivity index (χ1n) is 11.2. The summed E-state index contributed by atoms with van der Waals surface area (Å²) in [5.41, 5.74) is 1.93. The highest BCUT2D eigenvalue weighted by atomic mass is 32.2. The average Bonchev–Trinajstić information content (AvgIpc) is 3.61. The van der Waals surface area contributed by atoms with Crippen LogP contribution < -0.4 is 10.0 Å². The highest BCUT2D eigenvalue weighted by Crippen LogP contribution is 2.48. The molecular formula is C25H27N3O3S. The van der Waals surface area contributed by atoms with Gasteiger partial charge >= 0.3 is 0 Å². The molecule has 0 radical (unpaired) electrons. The summed E-state index contributed by atoms with van der Waals surface area (Å²) >= 11 is 0. The highest BCUT2D eigenvalue weighted by molar-refractivity contribution is 7.89. The number of aromatic nitrogens is 1. The van der Waals surface area contributed by atoms with Gasteiger partial charge in [-0.3, -0.25) is 9.78 Å². The van der Waals surface area contributed by atoms with E-state index < -0.39 is 10.0 Å². The first-order chi connectivity index (χ1) is 15.5. The molecule has 1 aliphatic heterocycles. The third-order valence-electron chi connectivity index (χ3n) is 6.54. The molecule has 2 fully saturated rings. The molecular weight excluding hydrogens is 422 g/mol. The van der Waals surface area contributed by atoms with Crippen LogP contribution in [0.1, 0.15) is 36.3 Å². The van der Waals surface area contributed by atoms with Gasteiger partial charge in [-0.1, -0.05) is 30.3 Å². The molecule has 32 heavy (non-hydrogen) atoms. The predicted molar refractivity (Wildman–Crippen MR) is 124 cm³/mol. The number of nitrogens with zero attached hydrogens (tertiary/aromatic N) is 1. The number of nitrogens with one attached hydrogen (secondary N) is 2. The Morgan fingerprint density at radius 3 is 2.75 bits per heavy atom. The molecule has 1 saturated carbocycles. The number of hydrogen-bond acceptors (Lipinski definition) is 5. The quantitative estimate of drug-likeness (QED) is 0.578. The Bertz CT molecular complexity index is 1250. The number of benzene rings is 2. The number of piperidine rings is 1. The van der Waals surface area contributed by atoms with Gasteiger partial charge in [0.2, 0.25) is 10.0 Å². The van der Waals surface area contributed by atoms with Crippen molar-refractivity contribution < 1.29 is 13.2 Å². The Morgan fingerprint density at radius 2 is 1.91 bits per heavy atom. The maximum Gasteiger partial charge on any atom is 0.240 e. The molecule has 2 atom stereocenters. The fraction of sp³-hybridized carbons (Fsp3) is 0.360. The summed E-state index contributed by atoms with van der Waals surface area (Å²) in [4.78, 5) is 17.3. The molecule has 1 saturated heterocycles. The number of sulfonamides is 1. The van der Waals surface area contributed by atoms with Crippen molar-refractivity contribution in [2.75, 3.05) is 13.1 Å². The maximum absolute atomic E-state index is 12.9. The van der Waals surface area contributed by atoms with Crippen molar-refractivity contribution in [3.63, 3.8) is 0 Å². The van der Waals surface area contributed by atoms with Gasteiger partial charge in [0, 0.05) is 36.2 Å². The molecule has 1 aromatic heterocycles. The summed E-state index contributed by atoms with van der Waals surface area (Å²) in [7, 11) is -3.56. The zero-order valence-corrected chi connectivity index (χ0v) is 18.6. The van der Waals surface area contributed by atoms with E-state index in [0.29, 0.717) is 6.42 Å². The fourth-order valence-corrected chi connectivity index (χ4v) is 5.99. The Labute approximate surface area is 188 Å². The number of ketones is 1. The number of hydrogen-bond donors (Lipinski definition) is 2. The third kappa shape index (κ3) is 4.60. The second kappa shape index (κ2) is 8.73. The summed E-state index contributed by atoms with van der Waals surface area (Å²) in [5.74, 6) is 0.268. The summed E-state index contributed by atoms with van der Waals surface area (Å²) < 4.78 is 28.6. The number of carbonyl (C=O) groups excluding carboxylic acids is 1. The molecule has 0 spiro atoms. The van der Waals surface area contributed by atoms with E-state index in [0.717, 1.165) is 54.3 Å². The van der Waals surface area contributed by atoms with E-state index in [2.05, 4.69) is 15.0 Å². The van der Waals surface area contributed by atoms with E-state index in [1.165, 1.54) is 0 Å². The van der Waals surface area contributed by atoms with Crippen LogP contribution in [0.4, 0.5) is 0 Å². The Kier molecular flexibility index (Phi) is 5.80. The number of carbonyl (C=O) groups is 1. The molecule has 2 aliphatic rings. The molecule has 0 unspecified atom stereocenters. The lowest BCUT2D eigenvalue weighted by molar-refractivity contribution is -0.119. The van der Waals surface area contributed by atoms with Crippen LogP contribution in [-0.2, 0) is 21.2 Å². The summed E-state index contributed by atoms with van der Waals surface area (Å²) in [5, 5.41) is 5.38. The van der Waals surface area contributed by atoms with E-state index >= 15 is 0 Å². The zero-order valence-electron chi connectivity index (χ0n) is 17.8. The van der Waals surface area contributed by atoms with Gasteiger partial charge in [0.25, 0.3) is 0 Å². The first-order valence-corrected chi connectivity index (χ1v) is 12.7. The number of rotatable bonds is 7. The van der Waals surface area contributed by atoms with Crippen LogP contribution in [0.2, 0.25) is 0 Å². The molecule has 5 rings (SSSR count). The van der Waals surface area contributed by atoms with Crippen molar-refractivity contribution >= 4 is 26.6 Å². The lowest BCUT2D eigenvalue weighted by atomic mass is 10.0. The van der Waals surface area contributed by atoms with Gasteiger partial charge < -0.3 is 5.32 Å². The highest BCUT2D eigenvalue weighted by Gasteiger charge is 2.43. The zero-order chi connectivity index (χ0) is 22.1. The molecule has 3 aromatic rings. The average molecular weight is 450 g/mol. The number of pyridine rings is 1. The minimum Gasteiger partial charge on any atom is -0.317 e. The Hall–Kier alpha value is -2.61. The summed E-state index contributed by atoms with van der Waals surface area (Å²) in [6, 6.07) is 15.0. The van der Waals surface area contributed by atoms with Crippen LogP contribution >= 0.6 is 0 Å².